The van der Waals surface area contributed by atoms with Gasteiger partial charge in [0.25, 0.3) is 0 Å². The van der Waals surface area contributed by atoms with Crippen molar-refractivity contribution in [1.82, 2.24) is 4.90 Å². The van der Waals surface area contributed by atoms with Gasteiger partial charge in [-0.05, 0) is 31.2 Å². The number of hydrogen-bond acceptors (Lipinski definition) is 2. The molecular weight excluding hydrogens is 253 g/mol. The fourth-order valence-corrected chi connectivity index (χ4v) is 2.14. The lowest BCUT2D eigenvalue weighted by molar-refractivity contribution is -0.137. The Morgan fingerprint density at radius 1 is 1.00 bits per heavy atom. The molecule has 0 aromatic heterocycles. The maximum atomic E-state index is 12.5. The summed E-state index contributed by atoms with van der Waals surface area (Å²) >= 11 is 0. The van der Waals surface area contributed by atoms with Gasteiger partial charge in [-0.25, -0.2) is 0 Å². The number of halogens is 3. The number of rotatable bonds is 2. The van der Waals surface area contributed by atoms with Crippen LogP contribution in [0.5, 0.6) is 0 Å². The standard InChI is InChI=1S/C14H16F3N2/c1-11(2)18-7-9-19(10-8-18)13-5-3-12(4-6-13)14(15,16)17/h3-6H,1-2,7-10H2. The summed E-state index contributed by atoms with van der Waals surface area (Å²) in [6, 6.07) is 5.30. The van der Waals surface area contributed by atoms with Crippen molar-refractivity contribution in [2.75, 3.05) is 31.1 Å². The van der Waals surface area contributed by atoms with Crippen LogP contribution in [-0.2, 0) is 6.18 Å². The minimum Gasteiger partial charge on any atom is -0.372 e. The van der Waals surface area contributed by atoms with Crippen LogP contribution in [0.15, 0.2) is 36.5 Å². The van der Waals surface area contributed by atoms with E-state index >= 15 is 0 Å². The van der Waals surface area contributed by atoms with Crippen molar-refractivity contribution in [3.63, 3.8) is 0 Å². The lowest BCUT2D eigenvalue weighted by Gasteiger charge is -2.37. The Labute approximate surface area is 111 Å². The van der Waals surface area contributed by atoms with E-state index in [2.05, 4.69) is 23.3 Å². The first-order valence-electron chi connectivity index (χ1n) is 6.06. The van der Waals surface area contributed by atoms with Gasteiger partial charge in [0.2, 0.25) is 0 Å². The summed E-state index contributed by atoms with van der Waals surface area (Å²) < 4.78 is 37.4. The van der Waals surface area contributed by atoms with Crippen LogP contribution in [0.4, 0.5) is 18.9 Å². The van der Waals surface area contributed by atoms with E-state index in [4.69, 9.17) is 0 Å². The van der Waals surface area contributed by atoms with E-state index in [0.29, 0.717) is 0 Å². The molecule has 0 atom stereocenters. The third-order valence-corrected chi connectivity index (χ3v) is 3.29. The number of nitrogens with zero attached hydrogens (tertiary/aromatic N) is 2. The second-order valence-corrected chi connectivity index (χ2v) is 4.58. The Morgan fingerprint density at radius 2 is 1.53 bits per heavy atom. The van der Waals surface area contributed by atoms with Crippen LogP contribution in [0.2, 0.25) is 0 Å². The molecule has 1 aromatic rings. The molecule has 2 rings (SSSR count). The average Bonchev–Trinajstić information content (AvgIpc) is 2.38. The summed E-state index contributed by atoms with van der Waals surface area (Å²) in [7, 11) is 0. The highest BCUT2D eigenvalue weighted by Crippen LogP contribution is 2.30. The fraction of sp³-hybridized carbons (Fsp3) is 0.357. The van der Waals surface area contributed by atoms with Crippen LogP contribution >= 0.6 is 0 Å². The molecule has 0 aliphatic carbocycles. The Morgan fingerprint density at radius 3 is 1.95 bits per heavy atom. The van der Waals surface area contributed by atoms with Crippen LogP contribution in [-0.4, -0.2) is 31.1 Å². The van der Waals surface area contributed by atoms with Crippen LogP contribution in [0, 0.1) is 6.92 Å². The van der Waals surface area contributed by atoms with E-state index in [0.717, 1.165) is 49.7 Å². The number of anilines is 1. The molecule has 0 saturated carbocycles. The van der Waals surface area contributed by atoms with E-state index in [1.54, 1.807) is 0 Å². The molecule has 103 valence electrons. The number of piperazine rings is 1. The zero-order valence-corrected chi connectivity index (χ0v) is 10.6. The van der Waals surface area contributed by atoms with E-state index in [1.165, 1.54) is 12.1 Å². The summed E-state index contributed by atoms with van der Waals surface area (Å²) in [5.41, 5.74) is 0.996. The SMILES string of the molecule is [CH2]C(=C)N1CCN(c2ccc(C(F)(F)F)cc2)CC1. The molecule has 0 spiro atoms. The molecule has 2 nitrogen and oxygen atoms in total. The molecule has 19 heavy (non-hydrogen) atoms. The molecule has 0 bridgehead atoms. The van der Waals surface area contributed by atoms with Crippen molar-refractivity contribution in [2.24, 2.45) is 0 Å². The quantitative estimate of drug-likeness (QED) is 0.813. The summed E-state index contributed by atoms with van der Waals surface area (Å²) in [5.74, 6) is 0. The van der Waals surface area contributed by atoms with Crippen LogP contribution in [0.25, 0.3) is 0 Å². The van der Waals surface area contributed by atoms with E-state index < -0.39 is 11.7 Å². The van der Waals surface area contributed by atoms with Gasteiger partial charge >= 0.3 is 6.18 Å². The van der Waals surface area contributed by atoms with Crippen LogP contribution in [0.3, 0.4) is 0 Å². The van der Waals surface area contributed by atoms with Crippen molar-refractivity contribution < 1.29 is 13.2 Å². The molecule has 1 aliphatic rings. The predicted octanol–water partition coefficient (Wildman–Crippen LogP) is 3.18. The molecule has 0 unspecified atom stereocenters. The lowest BCUT2D eigenvalue weighted by atomic mass is 10.1. The third-order valence-electron chi connectivity index (χ3n) is 3.29. The molecule has 1 saturated heterocycles. The van der Waals surface area contributed by atoms with Crippen LogP contribution < -0.4 is 4.90 Å². The Bertz CT molecular complexity index is 443. The molecule has 1 radical (unpaired) electrons. The van der Waals surface area contributed by atoms with Crippen molar-refractivity contribution in [1.29, 1.82) is 0 Å². The maximum Gasteiger partial charge on any atom is 0.416 e. The largest absolute Gasteiger partial charge is 0.416 e. The van der Waals surface area contributed by atoms with Crippen molar-refractivity contribution in [2.45, 2.75) is 6.18 Å². The maximum absolute atomic E-state index is 12.5. The Kier molecular flexibility index (Phi) is 3.73. The predicted molar refractivity (Wildman–Crippen MR) is 69.7 cm³/mol. The summed E-state index contributed by atoms with van der Waals surface area (Å²) in [6.07, 6.45) is -4.27. The Hall–Kier alpha value is -1.65. The summed E-state index contributed by atoms with van der Waals surface area (Å²) in [4.78, 5) is 4.14. The zero-order chi connectivity index (χ0) is 14.0. The fourth-order valence-electron chi connectivity index (χ4n) is 2.14. The number of alkyl halides is 3. The molecule has 1 heterocycles. The van der Waals surface area contributed by atoms with Crippen molar-refractivity contribution in [3.8, 4) is 0 Å². The summed E-state index contributed by atoms with van der Waals surface area (Å²) in [5, 5.41) is 0. The summed E-state index contributed by atoms with van der Waals surface area (Å²) in [6.45, 7) is 10.7. The van der Waals surface area contributed by atoms with Crippen molar-refractivity contribution in [3.05, 3.63) is 49.0 Å². The van der Waals surface area contributed by atoms with Crippen LogP contribution in [0.1, 0.15) is 5.56 Å². The molecule has 1 aromatic carbocycles. The number of hydrogen-bond donors (Lipinski definition) is 0. The van der Waals surface area contributed by atoms with Gasteiger partial charge in [-0.15, -0.1) is 0 Å². The molecule has 1 fully saturated rings. The number of allylic oxidation sites excluding steroid dienone is 1. The van der Waals surface area contributed by atoms with E-state index in [-0.39, 0.29) is 0 Å². The van der Waals surface area contributed by atoms with Gasteiger partial charge in [0.05, 0.1) is 5.56 Å². The number of benzene rings is 1. The normalized spacial score (nSPS) is 16.6. The van der Waals surface area contributed by atoms with Gasteiger partial charge in [-0.2, -0.15) is 13.2 Å². The van der Waals surface area contributed by atoms with Gasteiger partial charge in [-0.3, -0.25) is 0 Å². The van der Waals surface area contributed by atoms with Gasteiger partial charge in [0, 0.05) is 37.6 Å². The lowest BCUT2D eigenvalue weighted by Crippen LogP contribution is -2.45. The first-order chi connectivity index (χ1) is 8.88. The van der Waals surface area contributed by atoms with Crippen molar-refractivity contribution >= 4 is 5.69 Å². The highest BCUT2D eigenvalue weighted by atomic mass is 19.4. The molecule has 0 amide bonds. The topological polar surface area (TPSA) is 6.48 Å². The molecule has 1 aliphatic heterocycles. The minimum absolute atomic E-state index is 0.610. The molecule has 5 heteroatoms. The monoisotopic (exact) mass is 269 g/mol. The van der Waals surface area contributed by atoms with Gasteiger partial charge in [0.15, 0.2) is 0 Å². The zero-order valence-electron chi connectivity index (χ0n) is 10.6. The van der Waals surface area contributed by atoms with Gasteiger partial charge < -0.3 is 9.80 Å². The first kappa shape index (κ1) is 13.8. The average molecular weight is 269 g/mol. The smallest absolute Gasteiger partial charge is 0.372 e. The highest BCUT2D eigenvalue weighted by Gasteiger charge is 2.30. The first-order valence-corrected chi connectivity index (χ1v) is 6.06. The van der Waals surface area contributed by atoms with E-state index in [1.807, 2.05) is 0 Å². The molecule has 0 N–H and O–H groups in total. The molecular formula is C14H16F3N2. The second-order valence-electron chi connectivity index (χ2n) is 4.58. The minimum atomic E-state index is -4.27. The third kappa shape index (κ3) is 3.22. The Balaban J connectivity index is 2.02. The highest BCUT2D eigenvalue weighted by molar-refractivity contribution is 5.48. The van der Waals surface area contributed by atoms with Gasteiger partial charge in [-0.1, -0.05) is 6.58 Å². The second kappa shape index (κ2) is 5.15. The van der Waals surface area contributed by atoms with E-state index in [9.17, 15) is 13.2 Å². The van der Waals surface area contributed by atoms with Gasteiger partial charge in [0.1, 0.15) is 0 Å².